The summed E-state index contributed by atoms with van der Waals surface area (Å²) in [6.07, 6.45) is -1.02. The average Bonchev–Trinajstić information content (AvgIpc) is 2.61. The Morgan fingerprint density at radius 3 is 2.24 bits per heavy atom. The normalized spacial score (nSPS) is 12.9. The van der Waals surface area contributed by atoms with E-state index in [-0.39, 0.29) is 11.4 Å². The molecule has 1 N–H and O–H groups in total. The molecular weight excluding hydrogens is 366 g/mol. The predicted octanol–water partition coefficient (Wildman–Crippen LogP) is 2.71. The second kappa shape index (κ2) is 8.05. The van der Waals surface area contributed by atoms with Gasteiger partial charge < -0.3 is 14.6 Å². The quantitative estimate of drug-likeness (QED) is 0.793. The van der Waals surface area contributed by atoms with Gasteiger partial charge in [0.2, 0.25) is 10.0 Å². The van der Waals surface area contributed by atoms with E-state index in [4.69, 9.17) is 21.1 Å². The number of sulfonamides is 1. The fraction of sp³-hybridized carbons (Fsp3) is 0.294. The van der Waals surface area contributed by atoms with Gasteiger partial charge in [0.25, 0.3) is 0 Å². The molecule has 0 aromatic heterocycles. The molecule has 25 heavy (non-hydrogen) atoms. The first-order valence-corrected chi connectivity index (χ1v) is 9.23. The number of ether oxygens (including phenoxy) is 2. The zero-order valence-electron chi connectivity index (χ0n) is 14.1. The molecule has 0 aliphatic carbocycles. The van der Waals surface area contributed by atoms with Crippen LogP contribution in [0, 0.1) is 0 Å². The van der Waals surface area contributed by atoms with Gasteiger partial charge in [-0.1, -0.05) is 17.7 Å². The number of halogens is 1. The molecule has 0 heterocycles. The second-order valence-corrected chi connectivity index (χ2v) is 7.85. The van der Waals surface area contributed by atoms with Gasteiger partial charge in [-0.15, -0.1) is 0 Å². The van der Waals surface area contributed by atoms with Crippen molar-refractivity contribution in [2.75, 3.05) is 27.8 Å². The maximum Gasteiger partial charge on any atom is 0.242 e. The van der Waals surface area contributed by atoms with Crippen LogP contribution in [0.15, 0.2) is 47.4 Å². The molecule has 0 amide bonds. The number of hydrogen-bond donors (Lipinski definition) is 1. The fourth-order valence-electron chi connectivity index (χ4n) is 2.29. The van der Waals surface area contributed by atoms with Gasteiger partial charge in [0.05, 0.1) is 25.2 Å². The number of aliphatic hydroxyl groups is 1. The molecule has 0 aliphatic heterocycles. The Morgan fingerprint density at radius 1 is 1.08 bits per heavy atom. The third kappa shape index (κ3) is 4.43. The molecule has 0 saturated heterocycles. The van der Waals surface area contributed by atoms with Crippen molar-refractivity contribution in [2.45, 2.75) is 11.0 Å². The van der Waals surface area contributed by atoms with Crippen molar-refractivity contribution >= 4 is 21.6 Å². The van der Waals surface area contributed by atoms with E-state index in [1.165, 1.54) is 45.5 Å². The van der Waals surface area contributed by atoms with Gasteiger partial charge in [-0.05, 0) is 42.0 Å². The van der Waals surface area contributed by atoms with E-state index in [9.17, 15) is 13.5 Å². The number of aliphatic hydroxyl groups excluding tert-OH is 1. The van der Waals surface area contributed by atoms with Crippen molar-refractivity contribution in [3.8, 4) is 11.5 Å². The molecule has 0 bridgehead atoms. The van der Waals surface area contributed by atoms with Crippen LogP contribution < -0.4 is 9.47 Å². The van der Waals surface area contributed by atoms with Crippen molar-refractivity contribution in [1.82, 2.24) is 4.31 Å². The molecule has 6 nitrogen and oxygen atoms in total. The van der Waals surface area contributed by atoms with Gasteiger partial charge >= 0.3 is 0 Å². The highest BCUT2D eigenvalue weighted by Gasteiger charge is 2.24. The summed E-state index contributed by atoms with van der Waals surface area (Å²) in [6.45, 7) is -0.111. The first-order valence-electron chi connectivity index (χ1n) is 7.41. The predicted molar refractivity (Wildman–Crippen MR) is 95.8 cm³/mol. The van der Waals surface area contributed by atoms with Crippen LogP contribution in [-0.4, -0.2) is 45.6 Å². The van der Waals surface area contributed by atoms with Crippen LogP contribution in [0.25, 0.3) is 0 Å². The summed E-state index contributed by atoms with van der Waals surface area (Å²) < 4.78 is 36.6. The number of hydrogen-bond acceptors (Lipinski definition) is 5. The molecule has 0 aliphatic rings. The van der Waals surface area contributed by atoms with E-state index in [0.29, 0.717) is 22.1 Å². The van der Waals surface area contributed by atoms with Crippen LogP contribution >= 0.6 is 11.6 Å². The van der Waals surface area contributed by atoms with E-state index < -0.39 is 16.1 Å². The Kier molecular flexibility index (Phi) is 6.29. The van der Waals surface area contributed by atoms with Gasteiger partial charge in [0.15, 0.2) is 11.5 Å². The molecule has 2 rings (SSSR count). The van der Waals surface area contributed by atoms with E-state index >= 15 is 0 Å². The molecule has 1 atom stereocenters. The maximum atomic E-state index is 12.6. The number of nitrogens with zero attached hydrogens (tertiary/aromatic N) is 1. The molecule has 2 aromatic rings. The molecule has 0 saturated carbocycles. The summed E-state index contributed by atoms with van der Waals surface area (Å²) in [5.41, 5.74) is 0.524. The third-order valence-electron chi connectivity index (χ3n) is 3.74. The van der Waals surface area contributed by atoms with Crippen LogP contribution in [0.1, 0.15) is 11.7 Å². The molecule has 136 valence electrons. The number of benzene rings is 2. The molecular formula is C17H20ClNO5S. The van der Waals surface area contributed by atoms with Gasteiger partial charge in [-0.2, -0.15) is 4.31 Å². The molecule has 8 heteroatoms. The van der Waals surface area contributed by atoms with Gasteiger partial charge in [-0.25, -0.2) is 8.42 Å². The highest BCUT2D eigenvalue weighted by atomic mass is 35.5. The van der Waals surface area contributed by atoms with E-state index in [1.807, 2.05) is 0 Å². The van der Waals surface area contributed by atoms with Crippen LogP contribution in [0.2, 0.25) is 5.02 Å². The van der Waals surface area contributed by atoms with Crippen molar-refractivity contribution in [3.63, 3.8) is 0 Å². The standard InChI is InChI=1S/C17H20ClNO5S/c1-19(25(21,22)14-7-5-13(18)6-8-14)11-15(20)12-4-9-16(23-2)17(10-12)24-3/h4-10,15,20H,11H2,1-3H3. The lowest BCUT2D eigenvalue weighted by atomic mass is 10.1. The largest absolute Gasteiger partial charge is 0.493 e. The fourth-order valence-corrected chi connectivity index (χ4v) is 3.60. The Hall–Kier alpha value is -1.80. The molecule has 0 fully saturated rings. The summed E-state index contributed by atoms with van der Waals surface area (Å²) in [5, 5.41) is 10.9. The van der Waals surface area contributed by atoms with Crippen LogP contribution in [0.4, 0.5) is 0 Å². The van der Waals surface area contributed by atoms with Crippen molar-refractivity contribution in [2.24, 2.45) is 0 Å². The molecule has 2 aromatic carbocycles. The Labute approximate surface area is 152 Å². The lowest BCUT2D eigenvalue weighted by Crippen LogP contribution is -2.31. The Morgan fingerprint density at radius 2 is 1.68 bits per heavy atom. The zero-order chi connectivity index (χ0) is 18.6. The summed E-state index contributed by atoms with van der Waals surface area (Å²) in [6, 6.07) is 10.8. The Balaban J connectivity index is 2.19. The lowest BCUT2D eigenvalue weighted by molar-refractivity contribution is 0.154. The minimum atomic E-state index is -3.73. The van der Waals surface area contributed by atoms with Gasteiger partial charge in [0, 0.05) is 18.6 Å². The number of methoxy groups -OCH3 is 2. The van der Waals surface area contributed by atoms with Crippen LogP contribution in [0.3, 0.4) is 0 Å². The topological polar surface area (TPSA) is 76.1 Å². The minimum absolute atomic E-state index is 0.110. The van der Waals surface area contributed by atoms with Crippen molar-refractivity contribution in [1.29, 1.82) is 0 Å². The molecule has 0 radical (unpaired) electrons. The monoisotopic (exact) mass is 385 g/mol. The van der Waals surface area contributed by atoms with E-state index in [1.54, 1.807) is 18.2 Å². The SMILES string of the molecule is COc1ccc(C(O)CN(C)S(=O)(=O)c2ccc(Cl)cc2)cc1OC. The average molecular weight is 386 g/mol. The van der Waals surface area contributed by atoms with Crippen LogP contribution in [0.5, 0.6) is 11.5 Å². The lowest BCUT2D eigenvalue weighted by Gasteiger charge is -2.21. The maximum absolute atomic E-state index is 12.6. The van der Waals surface area contributed by atoms with Crippen LogP contribution in [-0.2, 0) is 10.0 Å². The van der Waals surface area contributed by atoms with Crippen molar-refractivity contribution < 1.29 is 23.0 Å². The number of likely N-dealkylation sites (N-methyl/N-ethyl adjacent to an activating group) is 1. The van der Waals surface area contributed by atoms with Gasteiger partial charge in [-0.3, -0.25) is 0 Å². The molecule has 1 unspecified atom stereocenters. The van der Waals surface area contributed by atoms with Crippen molar-refractivity contribution in [3.05, 3.63) is 53.1 Å². The highest BCUT2D eigenvalue weighted by Crippen LogP contribution is 2.30. The summed E-state index contributed by atoms with van der Waals surface area (Å²) in [5.74, 6) is 0.989. The zero-order valence-corrected chi connectivity index (χ0v) is 15.7. The molecule has 0 spiro atoms. The highest BCUT2D eigenvalue weighted by molar-refractivity contribution is 7.89. The summed E-state index contributed by atoms with van der Waals surface area (Å²) >= 11 is 5.79. The number of rotatable bonds is 7. The minimum Gasteiger partial charge on any atom is -0.493 e. The smallest absolute Gasteiger partial charge is 0.242 e. The third-order valence-corrected chi connectivity index (χ3v) is 5.83. The first-order chi connectivity index (χ1) is 11.8. The van der Waals surface area contributed by atoms with Gasteiger partial charge in [0.1, 0.15) is 0 Å². The van der Waals surface area contributed by atoms with E-state index in [2.05, 4.69) is 0 Å². The summed E-state index contributed by atoms with van der Waals surface area (Å²) in [7, 11) is 0.688. The first kappa shape index (κ1) is 19.5. The summed E-state index contributed by atoms with van der Waals surface area (Å²) in [4.78, 5) is 0.110. The second-order valence-electron chi connectivity index (χ2n) is 5.37. The Bertz CT molecular complexity index is 823. The van der Waals surface area contributed by atoms with E-state index in [0.717, 1.165) is 4.31 Å².